The number of halogens is 2. The van der Waals surface area contributed by atoms with Gasteiger partial charge in [0.15, 0.2) is 5.96 Å². The summed E-state index contributed by atoms with van der Waals surface area (Å²) in [6, 6.07) is 14.0. The first-order valence-electron chi connectivity index (χ1n) is 9.32. The van der Waals surface area contributed by atoms with Gasteiger partial charge >= 0.3 is 0 Å². The summed E-state index contributed by atoms with van der Waals surface area (Å²) in [5.74, 6) is 0.643. The van der Waals surface area contributed by atoms with Crippen LogP contribution in [0, 0.1) is 5.82 Å². The van der Waals surface area contributed by atoms with E-state index in [4.69, 9.17) is 4.74 Å². The van der Waals surface area contributed by atoms with Crippen LogP contribution in [0.5, 0.6) is 5.75 Å². The Labute approximate surface area is 187 Å². The summed E-state index contributed by atoms with van der Waals surface area (Å²) in [6.45, 7) is 3.17. The number of carbonyl (C=O) groups excluding carboxylic acids is 1. The molecule has 1 heterocycles. The Hall–Kier alpha value is -2.36. The molecule has 0 aromatic heterocycles. The van der Waals surface area contributed by atoms with Crippen LogP contribution in [-0.2, 0) is 11.2 Å². The SMILES string of the molecule is CN=C(NCC(=O)N1CCc2ccccc21)NCC(C)Oc1cccc(F)c1.I. The quantitative estimate of drug-likeness (QED) is 0.355. The van der Waals surface area contributed by atoms with Crippen LogP contribution in [-0.4, -0.2) is 44.7 Å². The van der Waals surface area contributed by atoms with Gasteiger partial charge in [-0.15, -0.1) is 24.0 Å². The molecular weight excluding hydrogens is 486 g/mol. The van der Waals surface area contributed by atoms with E-state index in [9.17, 15) is 9.18 Å². The van der Waals surface area contributed by atoms with Gasteiger partial charge in [-0.2, -0.15) is 0 Å². The number of fused-ring (bicyclic) bond motifs is 1. The van der Waals surface area contributed by atoms with Crippen LogP contribution in [0.2, 0.25) is 0 Å². The highest BCUT2D eigenvalue weighted by Crippen LogP contribution is 2.27. The van der Waals surface area contributed by atoms with E-state index in [1.807, 2.05) is 25.1 Å². The number of hydrogen-bond acceptors (Lipinski definition) is 3. The third-order valence-corrected chi connectivity index (χ3v) is 4.51. The van der Waals surface area contributed by atoms with Crippen molar-refractivity contribution in [2.75, 3.05) is 31.6 Å². The Morgan fingerprint density at radius 3 is 2.79 bits per heavy atom. The van der Waals surface area contributed by atoms with Crippen molar-refractivity contribution in [3.8, 4) is 5.75 Å². The molecule has 1 aliphatic heterocycles. The number of para-hydroxylation sites is 1. The van der Waals surface area contributed by atoms with E-state index >= 15 is 0 Å². The molecule has 0 radical (unpaired) electrons. The van der Waals surface area contributed by atoms with Crippen LogP contribution >= 0.6 is 24.0 Å². The van der Waals surface area contributed by atoms with Gasteiger partial charge in [0.25, 0.3) is 0 Å². The van der Waals surface area contributed by atoms with Crippen LogP contribution in [0.3, 0.4) is 0 Å². The van der Waals surface area contributed by atoms with E-state index in [0.717, 1.165) is 12.1 Å². The zero-order valence-electron chi connectivity index (χ0n) is 16.5. The van der Waals surface area contributed by atoms with Crippen molar-refractivity contribution in [1.29, 1.82) is 0 Å². The number of aliphatic imine (C=N–C) groups is 1. The molecular formula is C21H26FIN4O2. The summed E-state index contributed by atoms with van der Waals surface area (Å²) in [5.41, 5.74) is 2.18. The van der Waals surface area contributed by atoms with Crippen molar-refractivity contribution < 1.29 is 13.9 Å². The van der Waals surface area contributed by atoms with Gasteiger partial charge in [-0.25, -0.2) is 4.39 Å². The first kappa shape index (κ1) is 22.9. The molecule has 3 rings (SSSR count). The number of nitrogens with zero attached hydrogens (tertiary/aromatic N) is 2. The summed E-state index contributed by atoms with van der Waals surface area (Å²) in [4.78, 5) is 18.5. The Morgan fingerprint density at radius 1 is 1.24 bits per heavy atom. The maximum atomic E-state index is 13.2. The molecule has 8 heteroatoms. The van der Waals surface area contributed by atoms with Gasteiger partial charge < -0.3 is 20.3 Å². The predicted octanol–water partition coefficient (Wildman–Crippen LogP) is 2.97. The molecule has 0 saturated heterocycles. The fourth-order valence-electron chi connectivity index (χ4n) is 3.13. The molecule has 1 atom stereocenters. The van der Waals surface area contributed by atoms with Crippen molar-refractivity contribution in [1.82, 2.24) is 10.6 Å². The average Bonchev–Trinajstić information content (AvgIpc) is 3.12. The van der Waals surface area contributed by atoms with Crippen molar-refractivity contribution in [3.63, 3.8) is 0 Å². The molecule has 29 heavy (non-hydrogen) atoms. The van der Waals surface area contributed by atoms with E-state index in [1.165, 1.54) is 17.7 Å². The zero-order chi connectivity index (χ0) is 19.9. The summed E-state index contributed by atoms with van der Waals surface area (Å²) < 4.78 is 18.9. The van der Waals surface area contributed by atoms with Crippen molar-refractivity contribution in [2.24, 2.45) is 4.99 Å². The second-order valence-electron chi connectivity index (χ2n) is 6.62. The molecule has 2 N–H and O–H groups in total. The summed E-state index contributed by atoms with van der Waals surface area (Å²) in [7, 11) is 1.64. The van der Waals surface area contributed by atoms with Crippen molar-refractivity contribution in [3.05, 3.63) is 59.9 Å². The average molecular weight is 512 g/mol. The van der Waals surface area contributed by atoms with Gasteiger partial charge in [0.2, 0.25) is 5.91 Å². The number of amides is 1. The third-order valence-electron chi connectivity index (χ3n) is 4.51. The van der Waals surface area contributed by atoms with Gasteiger partial charge in [-0.05, 0) is 37.1 Å². The molecule has 0 aliphatic carbocycles. The Bertz CT molecular complexity index is 862. The molecule has 6 nitrogen and oxygen atoms in total. The van der Waals surface area contributed by atoms with Crippen LogP contribution < -0.4 is 20.3 Å². The largest absolute Gasteiger partial charge is 0.489 e. The summed E-state index contributed by atoms with van der Waals surface area (Å²) in [5, 5.41) is 6.16. The topological polar surface area (TPSA) is 66.0 Å². The van der Waals surface area contributed by atoms with Crippen LogP contribution in [0.4, 0.5) is 10.1 Å². The lowest BCUT2D eigenvalue weighted by Gasteiger charge is -2.20. The zero-order valence-corrected chi connectivity index (χ0v) is 18.9. The van der Waals surface area contributed by atoms with E-state index in [0.29, 0.717) is 24.8 Å². The van der Waals surface area contributed by atoms with Gasteiger partial charge in [0.1, 0.15) is 17.7 Å². The van der Waals surface area contributed by atoms with Crippen LogP contribution in [0.1, 0.15) is 12.5 Å². The number of nitrogens with one attached hydrogen (secondary N) is 2. The second kappa shape index (κ2) is 11.0. The lowest BCUT2D eigenvalue weighted by Crippen LogP contribution is -2.46. The number of benzene rings is 2. The minimum absolute atomic E-state index is 0. The molecule has 0 spiro atoms. The molecule has 1 amide bonds. The molecule has 156 valence electrons. The fourth-order valence-corrected chi connectivity index (χ4v) is 3.13. The molecule has 0 fully saturated rings. The molecule has 0 bridgehead atoms. The van der Waals surface area contributed by atoms with Crippen LogP contribution in [0.15, 0.2) is 53.5 Å². The molecule has 1 unspecified atom stereocenters. The predicted molar refractivity (Wildman–Crippen MR) is 124 cm³/mol. The molecule has 0 saturated carbocycles. The minimum Gasteiger partial charge on any atom is -0.489 e. The number of ether oxygens (including phenoxy) is 1. The standard InChI is InChI=1S/C21H25FN4O2.HI/c1-15(28-18-8-5-7-17(22)12-18)13-24-21(23-2)25-14-20(27)26-11-10-16-6-3-4-9-19(16)26;/h3-9,12,15H,10-11,13-14H2,1-2H3,(H2,23,24,25);1H. The van der Waals surface area contributed by atoms with Gasteiger partial charge in [0, 0.05) is 25.3 Å². The maximum Gasteiger partial charge on any atom is 0.246 e. The highest BCUT2D eigenvalue weighted by Gasteiger charge is 2.23. The van der Waals surface area contributed by atoms with E-state index in [-0.39, 0.29) is 48.3 Å². The molecule has 2 aromatic rings. The Morgan fingerprint density at radius 2 is 2.03 bits per heavy atom. The number of hydrogen-bond donors (Lipinski definition) is 2. The maximum absolute atomic E-state index is 13.2. The number of carbonyl (C=O) groups is 1. The first-order valence-corrected chi connectivity index (χ1v) is 9.32. The normalized spacial score (nSPS) is 13.9. The Balaban J connectivity index is 0.00000300. The van der Waals surface area contributed by atoms with E-state index in [2.05, 4.69) is 21.7 Å². The van der Waals surface area contributed by atoms with Gasteiger partial charge in [0.05, 0.1) is 13.1 Å². The summed E-state index contributed by atoms with van der Waals surface area (Å²) in [6.07, 6.45) is 0.672. The van der Waals surface area contributed by atoms with E-state index in [1.54, 1.807) is 24.1 Å². The van der Waals surface area contributed by atoms with E-state index < -0.39 is 0 Å². The van der Waals surface area contributed by atoms with Crippen molar-refractivity contribution >= 4 is 41.5 Å². The Kier molecular flexibility index (Phi) is 8.69. The number of anilines is 1. The fraction of sp³-hybridized carbons (Fsp3) is 0.333. The number of rotatable bonds is 6. The van der Waals surface area contributed by atoms with Crippen molar-refractivity contribution in [2.45, 2.75) is 19.4 Å². The molecule has 2 aromatic carbocycles. The van der Waals surface area contributed by atoms with Crippen LogP contribution in [0.25, 0.3) is 0 Å². The third kappa shape index (κ3) is 6.31. The smallest absolute Gasteiger partial charge is 0.246 e. The summed E-state index contributed by atoms with van der Waals surface area (Å²) >= 11 is 0. The lowest BCUT2D eigenvalue weighted by molar-refractivity contribution is -0.117. The first-order chi connectivity index (χ1) is 13.6. The highest BCUT2D eigenvalue weighted by molar-refractivity contribution is 14.0. The molecule has 1 aliphatic rings. The lowest BCUT2D eigenvalue weighted by atomic mass is 10.2. The highest BCUT2D eigenvalue weighted by atomic mass is 127. The number of guanidine groups is 1. The van der Waals surface area contributed by atoms with Gasteiger partial charge in [-0.1, -0.05) is 24.3 Å². The minimum atomic E-state index is -0.336. The second-order valence-corrected chi connectivity index (χ2v) is 6.62. The van der Waals surface area contributed by atoms with Gasteiger partial charge in [-0.3, -0.25) is 9.79 Å². The monoisotopic (exact) mass is 512 g/mol.